The van der Waals surface area contributed by atoms with Crippen molar-refractivity contribution in [3.63, 3.8) is 0 Å². The maximum absolute atomic E-state index is 12.7. The van der Waals surface area contributed by atoms with E-state index in [0.717, 1.165) is 16.0 Å². The zero-order valence-electron chi connectivity index (χ0n) is 14.4. The Balaban J connectivity index is 1.77. The molecule has 0 saturated heterocycles. The fourth-order valence-corrected chi connectivity index (χ4v) is 4.26. The number of thiophene rings is 1. The second-order valence-corrected chi connectivity index (χ2v) is 8.83. The highest BCUT2D eigenvalue weighted by molar-refractivity contribution is 7.91. The van der Waals surface area contributed by atoms with Crippen LogP contribution in [-0.2, 0) is 16.4 Å². The molecular weight excluding hydrogens is 368 g/mol. The first-order chi connectivity index (χ1) is 12.4. The van der Waals surface area contributed by atoms with E-state index in [4.69, 9.17) is 0 Å². The molecule has 0 aliphatic carbocycles. The number of aryl methyl sites for hydroxylation is 2. The Morgan fingerprint density at radius 3 is 2.54 bits per heavy atom. The van der Waals surface area contributed by atoms with Crippen LogP contribution in [0.2, 0.25) is 0 Å². The number of sulfone groups is 1. The fraction of sp³-hybridized carbons (Fsp3) is 0.158. The summed E-state index contributed by atoms with van der Waals surface area (Å²) in [5.41, 5.74) is 2.24. The van der Waals surface area contributed by atoms with Gasteiger partial charge in [0, 0.05) is 11.1 Å². The van der Waals surface area contributed by atoms with Gasteiger partial charge in [-0.15, -0.1) is 11.3 Å². The summed E-state index contributed by atoms with van der Waals surface area (Å²) in [6.07, 6.45) is 1.29. The maximum Gasteiger partial charge on any atom is 0.253 e. The van der Waals surface area contributed by atoms with Gasteiger partial charge in [0.05, 0.1) is 17.0 Å². The van der Waals surface area contributed by atoms with Crippen molar-refractivity contribution in [3.05, 3.63) is 75.6 Å². The number of amides is 1. The van der Waals surface area contributed by atoms with Crippen LogP contribution < -0.4 is 5.32 Å². The van der Waals surface area contributed by atoms with Gasteiger partial charge in [0.1, 0.15) is 0 Å². The van der Waals surface area contributed by atoms with Gasteiger partial charge >= 0.3 is 0 Å². The Kier molecular flexibility index (Phi) is 5.20. The number of aromatic nitrogens is 1. The Labute approximate surface area is 156 Å². The quantitative estimate of drug-likeness (QED) is 0.728. The van der Waals surface area contributed by atoms with E-state index in [1.54, 1.807) is 29.5 Å². The Morgan fingerprint density at radius 1 is 1.12 bits per heavy atom. The van der Waals surface area contributed by atoms with Crippen molar-refractivity contribution < 1.29 is 13.2 Å². The van der Waals surface area contributed by atoms with Gasteiger partial charge in [-0.3, -0.25) is 4.79 Å². The molecule has 0 aliphatic heterocycles. The summed E-state index contributed by atoms with van der Waals surface area (Å²) in [5.74, 6) is -0.291. The molecule has 7 heteroatoms. The molecule has 0 saturated carbocycles. The number of nitrogens with one attached hydrogen (secondary N) is 1. The molecule has 5 nitrogen and oxygen atoms in total. The van der Waals surface area contributed by atoms with Crippen molar-refractivity contribution in [3.8, 4) is 0 Å². The molecule has 0 atom stereocenters. The lowest BCUT2D eigenvalue weighted by Crippen LogP contribution is -2.22. The van der Waals surface area contributed by atoms with Crippen LogP contribution in [0.25, 0.3) is 0 Å². The van der Waals surface area contributed by atoms with Gasteiger partial charge in [-0.2, -0.15) is 0 Å². The van der Waals surface area contributed by atoms with E-state index in [0.29, 0.717) is 12.1 Å². The first-order valence-electron chi connectivity index (χ1n) is 7.97. The predicted molar refractivity (Wildman–Crippen MR) is 101 cm³/mol. The molecule has 2 heterocycles. The summed E-state index contributed by atoms with van der Waals surface area (Å²) >= 11 is 1.56. The number of carbonyl (C=O) groups excluding carboxylic acids is 1. The summed E-state index contributed by atoms with van der Waals surface area (Å²) in [4.78, 5) is 17.4. The summed E-state index contributed by atoms with van der Waals surface area (Å²) < 4.78 is 25.4. The molecular formula is C19H18N2O3S2. The average molecular weight is 386 g/mol. The molecule has 1 N–H and O–H groups in total. The lowest BCUT2D eigenvalue weighted by atomic mass is 10.1. The van der Waals surface area contributed by atoms with Crippen molar-refractivity contribution in [2.75, 3.05) is 0 Å². The molecule has 0 spiro atoms. The number of benzene rings is 1. The molecule has 3 aromatic rings. The molecule has 0 fully saturated rings. The first kappa shape index (κ1) is 18.3. The first-order valence-corrected chi connectivity index (χ1v) is 10.3. The lowest BCUT2D eigenvalue weighted by Gasteiger charge is -2.08. The van der Waals surface area contributed by atoms with E-state index >= 15 is 0 Å². The van der Waals surface area contributed by atoms with Crippen LogP contribution in [0.5, 0.6) is 0 Å². The normalized spacial score (nSPS) is 11.3. The van der Waals surface area contributed by atoms with Gasteiger partial charge in [-0.25, -0.2) is 13.4 Å². The molecule has 26 heavy (non-hydrogen) atoms. The third-order valence-electron chi connectivity index (χ3n) is 4.07. The molecule has 134 valence electrons. The van der Waals surface area contributed by atoms with Crippen molar-refractivity contribution in [1.82, 2.24) is 10.3 Å². The molecule has 1 amide bonds. The Hall–Kier alpha value is -2.51. The lowest BCUT2D eigenvalue weighted by molar-refractivity contribution is 0.0951. The smallest absolute Gasteiger partial charge is 0.253 e. The van der Waals surface area contributed by atoms with Crippen LogP contribution in [0, 0.1) is 13.8 Å². The summed E-state index contributed by atoms with van der Waals surface area (Å²) in [5, 5.41) is 4.65. The number of nitrogens with zero attached hydrogens (tertiary/aromatic N) is 1. The Bertz CT molecular complexity index is 1030. The van der Waals surface area contributed by atoms with E-state index < -0.39 is 9.84 Å². The monoisotopic (exact) mass is 386 g/mol. The third-order valence-corrected chi connectivity index (χ3v) is 6.61. The number of pyridine rings is 1. The number of carbonyl (C=O) groups is 1. The van der Waals surface area contributed by atoms with Crippen LogP contribution in [-0.4, -0.2) is 19.3 Å². The van der Waals surface area contributed by atoms with Gasteiger partial charge in [0.2, 0.25) is 9.84 Å². The number of rotatable bonds is 5. The van der Waals surface area contributed by atoms with Crippen LogP contribution in [0.15, 0.2) is 64.0 Å². The van der Waals surface area contributed by atoms with E-state index in [9.17, 15) is 13.2 Å². The minimum Gasteiger partial charge on any atom is -0.347 e. The molecule has 1 aromatic carbocycles. The van der Waals surface area contributed by atoms with Crippen LogP contribution >= 0.6 is 11.3 Å². The fourth-order valence-electron chi connectivity index (χ4n) is 2.36. The molecule has 0 unspecified atom stereocenters. The highest BCUT2D eigenvalue weighted by Gasteiger charge is 2.20. The minimum atomic E-state index is -3.71. The number of hydrogen-bond acceptors (Lipinski definition) is 5. The molecule has 3 rings (SSSR count). The highest BCUT2D eigenvalue weighted by Crippen LogP contribution is 2.21. The second kappa shape index (κ2) is 7.39. The van der Waals surface area contributed by atoms with Gasteiger partial charge in [-0.05, 0) is 60.7 Å². The Morgan fingerprint density at radius 2 is 1.92 bits per heavy atom. The third kappa shape index (κ3) is 3.84. The molecule has 2 aromatic heterocycles. The standard InChI is InChI=1S/C19H18N2O3S2/c1-13-5-7-17(10-14(13)2)26(23,24)18-8-6-15(11-20-18)19(22)21-12-16-4-3-9-25-16/h3-11H,12H2,1-2H3,(H,21,22). The van der Waals surface area contributed by atoms with Crippen molar-refractivity contribution in [2.45, 2.75) is 30.3 Å². The molecule has 0 aliphatic rings. The van der Waals surface area contributed by atoms with Crippen LogP contribution in [0.1, 0.15) is 26.4 Å². The van der Waals surface area contributed by atoms with E-state index in [2.05, 4.69) is 10.3 Å². The zero-order valence-corrected chi connectivity index (χ0v) is 16.0. The van der Waals surface area contributed by atoms with E-state index in [1.807, 2.05) is 31.4 Å². The number of hydrogen-bond donors (Lipinski definition) is 1. The van der Waals surface area contributed by atoms with Crippen LogP contribution in [0.3, 0.4) is 0 Å². The maximum atomic E-state index is 12.7. The molecule has 0 radical (unpaired) electrons. The van der Waals surface area contributed by atoms with Crippen molar-refractivity contribution in [2.24, 2.45) is 0 Å². The predicted octanol–water partition coefficient (Wildman–Crippen LogP) is 3.52. The van der Waals surface area contributed by atoms with E-state index in [1.165, 1.54) is 18.3 Å². The van der Waals surface area contributed by atoms with Crippen molar-refractivity contribution in [1.29, 1.82) is 0 Å². The summed E-state index contributed by atoms with van der Waals surface area (Å²) in [6.45, 7) is 4.22. The molecule has 0 bridgehead atoms. The summed E-state index contributed by atoms with van der Waals surface area (Å²) in [6, 6.07) is 11.7. The minimum absolute atomic E-state index is 0.0736. The van der Waals surface area contributed by atoms with Crippen molar-refractivity contribution >= 4 is 27.1 Å². The van der Waals surface area contributed by atoms with Gasteiger partial charge < -0.3 is 5.32 Å². The van der Waals surface area contributed by atoms with E-state index in [-0.39, 0.29) is 15.8 Å². The topological polar surface area (TPSA) is 76.1 Å². The SMILES string of the molecule is Cc1ccc(S(=O)(=O)c2ccc(C(=O)NCc3cccs3)cn2)cc1C. The largest absolute Gasteiger partial charge is 0.347 e. The van der Waals surface area contributed by atoms with Gasteiger partial charge in [-0.1, -0.05) is 12.1 Å². The van der Waals surface area contributed by atoms with Gasteiger partial charge in [0.15, 0.2) is 5.03 Å². The second-order valence-electron chi connectivity index (χ2n) is 5.90. The zero-order chi connectivity index (χ0) is 18.7. The summed E-state index contributed by atoms with van der Waals surface area (Å²) in [7, 11) is -3.71. The average Bonchev–Trinajstić information content (AvgIpc) is 3.15. The van der Waals surface area contributed by atoms with Gasteiger partial charge in [0.25, 0.3) is 5.91 Å². The van der Waals surface area contributed by atoms with Crippen LogP contribution in [0.4, 0.5) is 0 Å². The highest BCUT2D eigenvalue weighted by atomic mass is 32.2.